The number of carbonyl (C=O) groups excluding carboxylic acids is 2. The summed E-state index contributed by atoms with van der Waals surface area (Å²) in [5.41, 5.74) is -0.676. The van der Waals surface area contributed by atoms with Crippen LogP contribution in [-0.2, 0) is 25.4 Å². The van der Waals surface area contributed by atoms with Crippen molar-refractivity contribution in [2.24, 2.45) is 0 Å². The zero-order chi connectivity index (χ0) is 34.7. The minimum absolute atomic E-state index is 0.0443. The number of amides is 2. The molecule has 0 radical (unpaired) electrons. The average Bonchev–Trinajstić information content (AvgIpc) is 3.04. The van der Waals surface area contributed by atoms with Crippen LogP contribution in [0, 0.1) is 20.2 Å². The van der Waals surface area contributed by atoms with Crippen LogP contribution in [0.1, 0.15) is 53.4 Å². The van der Waals surface area contributed by atoms with Gasteiger partial charge in [0, 0.05) is 49.9 Å². The first kappa shape index (κ1) is 37.6. The molecule has 258 valence electrons. The van der Waals surface area contributed by atoms with Gasteiger partial charge in [-0.15, -0.1) is 0 Å². The highest BCUT2D eigenvalue weighted by Crippen LogP contribution is 2.34. The SMILES string of the molecule is CC(C)(C)OC(=O)N1CCC(NC=O)CC1.C[C@@H]1CC[C@H](ON(SO)c2ccccc2[N+](=O)[O-])CN1S(=O)c1ccc([N+](=O)[O-])cc1. The van der Waals surface area contributed by atoms with Crippen LogP contribution < -0.4 is 9.79 Å². The zero-order valence-electron chi connectivity index (χ0n) is 26.6. The Morgan fingerprint density at radius 3 is 2.26 bits per heavy atom. The molecule has 2 heterocycles. The van der Waals surface area contributed by atoms with Gasteiger partial charge in [-0.2, -0.15) is 4.47 Å². The van der Waals surface area contributed by atoms with Gasteiger partial charge in [0.1, 0.15) is 34.9 Å². The van der Waals surface area contributed by atoms with E-state index in [9.17, 15) is 38.6 Å². The summed E-state index contributed by atoms with van der Waals surface area (Å²) in [5.74, 6) is 0. The molecule has 2 aromatic carbocycles. The van der Waals surface area contributed by atoms with Crippen LogP contribution in [0.25, 0.3) is 0 Å². The normalized spacial score (nSPS) is 19.5. The minimum atomic E-state index is -1.58. The van der Waals surface area contributed by atoms with Gasteiger partial charge in [0.2, 0.25) is 6.41 Å². The van der Waals surface area contributed by atoms with Crippen molar-refractivity contribution < 1.29 is 37.8 Å². The number of para-hydroxylation sites is 2. The quantitative estimate of drug-likeness (QED) is 0.110. The third kappa shape index (κ3) is 11.1. The van der Waals surface area contributed by atoms with Gasteiger partial charge in [-0.05, 0) is 71.6 Å². The van der Waals surface area contributed by atoms with Gasteiger partial charge in [-0.3, -0.25) is 29.9 Å². The topological polar surface area (TPSA) is 198 Å². The van der Waals surface area contributed by atoms with Crippen LogP contribution in [0.15, 0.2) is 53.4 Å². The fraction of sp³-hybridized carbons (Fsp3) is 0.517. The van der Waals surface area contributed by atoms with Gasteiger partial charge in [0.15, 0.2) is 5.69 Å². The Hall–Kier alpha value is -3.84. The minimum Gasteiger partial charge on any atom is -0.444 e. The van der Waals surface area contributed by atoms with E-state index in [-0.39, 0.29) is 54.0 Å². The molecule has 2 N–H and O–H groups in total. The molecule has 0 spiro atoms. The number of likely N-dealkylation sites (tertiary alicyclic amines) is 1. The van der Waals surface area contributed by atoms with Gasteiger partial charge in [0.25, 0.3) is 11.4 Å². The molecule has 1 unspecified atom stereocenters. The number of anilines is 1. The Kier molecular flexibility index (Phi) is 13.9. The first-order valence-electron chi connectivity index (χ1n) is 14.9. The first-order valence-corrected chi connectivity index (χ1v) is 16.7. The van der Waals surface area contributed by atoms with Crippen LogP contribution in [0.2, 0.25) is 0 Å². The summed E-state index contributed by atoms with van der Waals surface area (Å²) in [5, 5.41) is 24.8. The van der Waals surface area contributed by atoms with E-state index in [1.807, 2.05) is 27.7 Å². The fourth-order valence-electron chi connectivity index (χ4n) is 4.86. The van der Waals surface area contributed by atoms with Crippen molar-refractivity contribution in [1.82, 2.24) is 14.5 Å². The lowest BCUT2D eigenvalue weighted by Crippen LogP contribution is -2.47. The molecule has 47 heavy (non-hydrogen) atoms. The van der Waals surface area contributed by atoms with Gasteiger partial charge >= 0.3 is 6.09 Å². The molecule has 2 amide bonds. The van der Waals surface area contributed by atoms with E-state index in [0.717, 1.165) is 17.3 Å². The van der Waals surface area contributed by atoms with E-state index >= 15 is 0 Å². The summed E-state index contributed by atoms with van der Waals surface area (Å²) in [6.07, 6.45) is 2.77. The van der Waals surface area contributed by atoms with E-state index in [4.69, 9.17) is 9.57 Å². The number of rotatable bonds is 10. The number of non-ortho nitro benzene ring substituents is 1. The smallest absolute Gasteiger partial charge is 0.410 e. The predicted octanol–water partition coefficient (Wildman–Crippen LogP) is 5.07. The molecule has 16 nitrogen and oxygen atoms in total. The molecule has 2 fully saturated rings. The summed E-state index contributed by atoms with van der Waals surface area (Å²) < 4.78 is 30.7. The average molecular weight is 697 g/mol. The highest BCUT2D eigenvalue weighted by molar-refractivity contribution is 7.94. The Morgan fingerprint density at radius 2 is 1.70 bits per heavy atom. The fourth-order valence-corrected chi connectivity index (χ4v) is 6.64. The molecule has 18 heteroatoms. The molecule has 2 saturated heterocycles. The van der Waals surface area contributed by atoms with Crippen molar-refractivity contribution in [3.63, 3.8) is 0 Å². The van der Waals surface area contributed by atoms with Crippen molar-refractivity contribution in [3.05, 3.63) is 68.8 Å². The Balaban J connectivity index is 0.000000316. The molecule has 0 aliphatic carbocycles. The Bertz CT molecular complexity index is 1400. The van der Waals surface area contributed by atoms with Crippen LogP contribution in [0.5, 0.6) is 0 Å². The molecule has 2 aliphatic heterocycles. The van der Waals surface area contributed by atoms with E-state index < -0.39 is 32.5 Å². The molecule has 0 bridgehead atoms. The Morgan fingerprint density at radius 1 is 1.06 bits per heavy atom. The van der Waals surface area contributed by atoms with E-state index in [1.165, 1.54) is 42.5 Å². The van der Waals surface area contributed by atoms with Crippen molar-refractivity contribution in [2.75, 3.05) is 24.1 Å². The molecule has 0 aromatic heterocycles. The number of nitrogens with one attached hydrogen (secondary N) is 1. The number of benzene rings is 2. The van der Waals surface area contributed by atoms with Crippen LogP contribution >= 0.6 is 12.2 Å². The van der Waals surface area contributed by atoms with Gasteiger partial charge in [0.05, 0.1) is 14.7 Å². The van der Waals surface area contributed by atoms with Crippen LogP contribution in [0.3, 0.4) is 0 Å². The predicted molar refractivity (Wildman–Crippen MR) is 176 cm³/mol. The lowest BCUT2D eigenvalue weighted by molar-refractivity contribution is -0.384. The van der Waals surface area contributed by atoms with Gasteiger partial charge < -0.3 is 19.5 Å². The molecule has 2 aliphatic rings. The van der Waals surface area contributed by atoms with Crippen molar-refractivity contribution in [1.29, 1.82) is 0 Å². The first-order chi connectivity index (χ1) is 22.2. The second-order valence-electron chi connectivity index (χ2n) is 11.9. The third-order valence-corrected chi connectivity index (χ3v) is 9.33. The largest absolute Gasteiger partial charge is 0.444 e. The lowest BCUT2D eigenvalue weighted by atomic mass is 10.0. The van der Waals surface area contributed by atoms with Gasteiger partial charge in [-0.25, -0.2) is 13.3 Å². The highest BCUT2D eigenvalue weighted by atomic mass is 32.2. The number of nitro benzene ring substituents is 2. The van der Waals surface area contributed by atoms with Crippen molar-refractivity contribution in [2.45, 2.75) is 82.1 Å². The van der Waals surface area contributed by atoms with Crippen molar-refractivity contribution in [3.8, 4) is 0 Å². The number of piperidine rings is 2. The molecule has 0 saturated carbocycles. The molecule has 2 aromatic rings. The van der Waals surface area contributed by atoms with E-state index in [1.54, 1.807) is 15.3 Å². The number of hydrogen-bond acceptors (Lipinski definition) is 12. The second kappa shape index (κ2) is 17.4. The molecule has 4 rings (SSSR count). The second-order valence-corrected chi connectivity index (χ2v) is 13.8. The summed E-state index contributed by atoms with van der Waals surface area (Å²) in [4.78, 5) is 50.9. The summed E-state index contributed by atoms with van der Waals surface area (Å²) in [6, 6.07) is 11.5. The number of ether oxygens (including phenoxy) is 1. The van der Waals surface area contributed by atoms with Crippen molar-refractivity contribution >= 4 is 52.8 Å². The van der Waals surface area contributed by atoms with Gasteiger partial charge in [-0.1, -0.05) is 12.1 Å². The molecular weight excluding hydrogens is 656 g/mol. The maximum absolute atomic E-state index is 13.1. The number of hydrogen-bond donors (Lipinski definition) is 2. The lowest BCUT2D eigenvalue weighted by Gasteiger charge is -2.37. The number of nitro groups is 2. The maximum Gasteiger partial charge on any atom is 0.410 e. The molecule has 3 atom stereocenters. The number of nitrogens with zero attached hydrogens (tertiary/aromatic N) is 5. The third-order valence-electron chi connectivity index (χ3n) is 7.29. The molecular formula is C29H40N6O10S2. The summed E-state index contributed by atoms with van der Waals surface area (Å²) in [6.45, 7) is 8.99. The maximum atomic E-state index is 13.1. The van der Waals surface area contributed by atoms with E-state index in [2.05, 4.69) is 5.32 Å². The monoisotopic (exact) mass is 696 g/mol. The van der Waals surface area contributed by atoms with E-state index in [0.29, 0.717) is 37.2 Å². The van der Waals surface area contributed by atoms with Crippen LogP contribution in [-0.4, -0.2) is 83.7 Å². The Labute approximate surface area is 279 Å². The zero-order valence-corrected chi connectivity index (χ0v) is 28.2. The highest BCUT2D eigenvalue weighted by Gasteiger charge is 2.33. The van der Waals surface area contributed by atoms with Crippen LogP contribution in [0.4, 0.5) is 21.9 Å². The summed E-state index contributed by atoms with van der Waals surface area (Å²) >= 11 is 0.208. The summed E-state index contributed by atoms with van der Waals surface area (Å²) in [7, 11) is -1.58. The number of carbonyl (C=O) groups is 2. The standard InChI is InChI=1S/C18H20N4O7S2.C11H20N2O3/c1-13-6-9-15(29-22(30-27)18-5-3-2-4-17(18)21(25)26)12-19(13)31(28)16-10-7-14(8-11-16)20(23)24;1-11(2,3)16-10(15)13-6-4-9(5-7-13)12-8-14/h2-5,7-8,10-11,13,15,27H,6,9,12H2,1H3;8-9H,4-7H2,1-3H3,(H,12,14)/t13-,15+,31?;/m1./s1.